The van der Waals surface area contributed by atoms with Crippen molar-refractivity contribution in [3.05, 3.63) is 34.1 Å². The molecule has 1 amide bonds. The zero-order valence-corrected chi connectivity index (χ0v) is 18.2. The van der Waals surface area contributed by atoms with Gasteiger partial charge in [0.15, 0.2) is 5.82 Å². The number of alkyl halides is 3. The summed E-state index contributed by atoms with van der Waals surface area (Å²) in [4.78, 5) is 26.2. The molecule has 0 saturated heterocycles. The third-order valence-corrected chi connectivity index (χ3v) is 4.70. The molecule has 2 N–H and O–H groups in total. The summed E-state index contributed by atoms with van der Waals surface area (Å²) in [5.74, 6) is -0.495. The molecule has 1 atom stereocenters. The van der Waals surface area contributed by atoms with Crippen LogP contribution in [0.2, 0.25) is 10.0 Å². The van der Waals surface area contributed by atoms with E-state index in [2.05, 4.69) is 25.6 Å². The third kappa shape index (κ3) is 6.20. The van der Waals surface area contributed by atoms with Crippen molar-refractivity contribution in [2.45, 2.75) is 16.8 Å². The van der Waals surface area contributed by atoms with Crippen molar-refractivity contribution in [2.24, 2.45) is 0 Å². The molecule has 0 aliphatic carbocycles. The highest BCUT2D eigenvalue weighted by atomic mass is 35.6. The maximum atomic E-state index is 12.3. The van der Waals surface area contributed by atoms with E-state index in [1.807, 2.05) is 0 Å². The first-order valence-electron chi connectivity index (χ1n) is 7.50. The van der Waals surface area contributed by atoms with Gasteiger partial charge in [-0.25, -0.2) is 0 Å². The van der Waals surface area contributed by atoms with Gasteiger partial charge < -0.3 is 5.32 Å². The lowest BCUT2D eigenvalue weighted by Gasteiger charge is -2.19. The number of halogens is 5. The van der Waals surface area contributed by atoms with Gasteiger partial charge in [-0.1, -0.05) is 58.0 Å². The van der Waals surface area contributed by atoms with Gasteiger partial charge in [0.2, 0.25) is 21.6 Å². The molecule has 1 heterocycles. The molecule has 2 aromatic rings. The first-order chi connectivity index (χ1) is 12.5. The molecule has 0 spiro atoms. The number of hydrogen-bond donors (Lipinski definition) is 2. The minimum atomic E-state index is -1.91. The lowest BCUT2D eigenvalue weighted by atomic mass is 10.3. The van der Waals surface area contributed by atoms with Crippen molar-refractivity contribution < 1.29 is 4.79 Å². The molecular formula is C15H15Cl5N6O. The Morgan fingerprint density at radius 1 is 1.07 bits per heavy atom. The van der Waals surface area contributed by atoms with Gasteiger partial charge in [0.05, 0.1) is 16.1 Å². The van der Waals surface area contributed by atoms with Crippen LogP contribution in [-0.2, 0) is 8.59 Å². The fourth-order valence-electron chi connectivity index (χ4n) is 1.77. The van der Waals surface area contributed by atoms with E-state index in [0.29, 0.717) is 15.7 Å². The second-order valence-electron chi connectivity index (χ2n) is 5.69. The average Bonchev–Trinajstić information content (AvgIpc) is 2.56. The summed E-state index contributed by atoms with van der Waals surface area (Å²) < 4.78 is -1.91. The fourth-order valence-corrected chi connectivity index (χ4v) is 2.32. The number of amides is 1. The Morgan fingerprint density at radius 3 is 2.26 bits per heavy atom. The van der Waals surface area contributed by atoms with Gasteiger partial charge in [0, 0.05) is 5.69 Å². The van der Waals surface area contributed by atoms with Crippen molar-refractivity contribution >= 4 is 81.5 Å². The third-order valence-electron chi connectivity index (χ3n) is 3.45. The van der Waals surface area contributed by atoms with Crippen molar-refractivity contribution in [1.29, 1.82) is 0 Å². The second kappa shape index (κ2) is 8.94. The normalized spacial score (nSPS) is 12.8. The number of carbonyl (C=O) groups is 1. The van der Waals surface area contributed by atoms with E-state index < -0.39 is 9.83 Å². The highest BCUT2D eigenvalue weighted by molar-refractivity contribution is 6.66. The van der Waals surface area contributed by atoms with Crippen LogP contribution in [0.4, 0.5) is 17.6 Å². The summed E-state index contributed by atoms with van der Waals surface area (Å²) in [6, 6.07) is 4.42. The Bertz CT molecular complexity index is 842. The molecule has 27 heavy (non-hydrogen) atoms. The number of hydrogen-bond acceptors (Lipinski definition) is 6. The molecule has 0 fully saturated rings. The molecule has 146 valence electrons. The van der Waals surface area contributed by atoms with Crippen LogP contribution in [0.1, 0.15) is 12.7 Å². The van der Waals surface area contributed by atoms with E-state index in [0.717, 1.165) is 0 Å². The summed E-state index contributed by atoms with van der Waals surface area (Å²) in [5, 5.41) is 6.22. The number of nitrogens with zero attached hydrogens (tertiary/aromatic N) is 4. The van der Waals surface area contributed by atoms with Crippen molar-refractivity contribution in [3.8, 4) is 0 Å². The van der Waals surface area contributed by atoms with Crippen LogP contribution >= 0.6 is 58.0 Å². The molecular weight excluding hydrogens is 457 g/mol. The lowest BCUT2D eigenvalue weighted by molar-refractivity contribution is -0.119. The summed E-state index contributed by atoms with van der Waals surface area (Å²) in [7, 11) is 3.53. The van der Waals surface area contributed by atoms with Crippen molar-refractivity contribution in [1.82, 2.24) is 19.9 Å². The lowest BCUT2D eigenvalue weighted by Crippen LogP contribution is -2.37. The van der Waals surface area contributed by atoms with E-state index in [-0.39, 0.29) is 23.6 Å². The molecule has 1 unspecified atom stereocenters. The van der Waals surface area contributed by atoms with Gasteiger partial charge in [-0.2, -0.15) is 15.0 Å². The molecule has 0 radical (unpaired) electrons. The maximum Gasteiger partial charge on any atom is 0.250 e. The van der Waals surface area contributed by atoms with E-state index in [9.17, 15) is 4.79 Å². The van der Waals surface area contributed by atoms with Gasteiger partial charge in [-0.05, 0) is 39.2 Å². The quantitative estimate of drug-likeness (QED) is 0.617. The number of nitrogens with one attached hydrogen (secondary N) is 2. The van der Waals surface area contributed by atoms with Crippen molar-refractivity contribution in [2.75, 3.05) is 24.7 Å². The first kappa shape index (κ1) is 22.2. The summed E-state index contributed by atoms with van der Waals surface area (Å²) >= 11 is 29.6. The number of carbonyl (C=O) groups excluding carboxylic acids is 1. The van der Waals surface area contributed by atoms with E-state index >= 15 is 0 Å². The minimum Gasteiger partial charge on any atom is -0.324 e. The monoisotopic (exact) mass is 470 g/mol. The van der Waals surface area contributed by atoms with Crippen molar-refractivity contribution in [3.63, 3.8) is 0 Å². The van der Waals surface area contributed by atoms with Gasteiger partial charge in [-0.15, -0.1) is 0 Å². The van der Waals surface area contributed by atoms with Crippen LogP contribution in [-0.4, -0.2) is 45.9 Å². The minimum absolute atomic E-state index is 0.0533. The predicted molar refractivity (Wildman–Crippen MR) is 111 cm³/mol. The SMILES string of the molecule is CC(C(=O)Nc1nc(Nc2ccc(Cl)c(Cl)c2)nc(C(Cl)(Cl)Cl)n1)N(C)C. The molecule has 1 aromatic carbocycles. The summed E-state index contributed by atoms with van der Waals surface area (Å²) in [6.07, 6.45) is 0. The first-order valence-corrected chi connectivity index (χ1v) is 9.39. The van der Waals surface area contributed by atoms with Crippen LogP contribution in [0, 0.1) is 0 Å². The molecule has 2 rings (SSSR count). The Morgan fingerprint density at radius 2 is 1.70 bits per heavy atom. The number of aromatic nitrogens is 3. The molecule has 0 aliphatic heterocycles. The van der Waals surface area contributed by atoms with Gasteiger partial charge in [-0.3, -0.25) is 15.0 Å². The predicted octanol–water partition coefficient (Wildman–Crippen LogP) is 4.64. The largest absolute Gasteiger partial charge is 0.324 e. The number of anilines is 3. The molecule has 7 nitrogen and oxygen atoms in total. The maximum absolute atomic E-state index is 12.3. The fraction of sp³-hybridized carbons (Fsp3) is 0.333. The topological polar surface area (TPSA) is 83.0 Å². The Kier molecular flexibility index (Phi) is 7.35. The zero-order valence-electron chi connectivity index (χ0n) is 14.4. The highest BCUT2D eigenvalue weighted by Gasteiger charge is 2.29. The van der Waals surface area contributed by atoms with Gasteiger partial charge in [0.1, 0.15) is 0 Å². The average molecular weight is 473 g/mol. The Hall–Kier alpha value is -1.09. The smallest absolute Gasteiger partial charge is 0.250 e. The molecule has 12 heteroatoms. The van der Waals surface area contributed by atoms with E-state index in [4.69, 9.17) is 58.0 Å². The van der Waals surface area contributed by atoms with Gasteiger partial charge in [0.25, 0.3) is 0 Å². The van der Waals surface area contributed by atoms with Gasteiger partial charge >= 0.3 is 0 Å². The second-order valence-corrected chi connectivity index (χ2v) is 8.78. The summed E-state index contributed by atoms with van der Waals surface area (Å²) in [5.41, 5.74) is 0.546. The van der Waals surface area contributed by atoms with Crippen LogP contribution < -0.4 is 10.6 Å². The summed E-state index contributed by atoms with van der Waals surface area (Å²) in [6.45, 7) is 1.72. The number of rotatable bonds is 5. The van der Waals surface area contributed by atoms with Crippen LogP contribution in [0.3, 0.4) is 0 Å². The molecule has 1 aromatic heterocycles. The van der Waals surface area contributed by atoms with E-state index in [1.165, 1.54) is 0 Å². The molecule has 0 aliphatic rings. The number of likely N-dealkylation sites (N-methyl/N-ethyl adjacent to an activating group) is 1. The van der Waals surface area contributed by atoms with Crippen LogP contribution in [0.25, 0.3) is 0 Å². The standard InChI is InChI=1S/C15H15Cl5N6O/c1-7(26(2)3)11(27)22-14-24-12(15(18,19)20)23-13(25-14)21-8-4-5-9(16)10(17)6-8/h4-7H,1-3H3,(H2,21,22,23,24,25,27). The Balaban J connectivity index is 2.36. The number of benzene rings is 1. The highest BCUT2D eigenvalue weighted by Crippen LogP contribution is 2.36. The molecule has 0 saturated carbocycles. The molecule has 0 bridgehead atoms. The van der Waals surface area contributed by atoms with Crippen LogP contribution in [0.5, 0.6) is 0 Å². The van der Waals surface area contributed by atoms with Crippen LogP contribution in [0.15, 0.2) is 18.2 Å². The Labute approximate surface area is 181 Å². The zero-order chi connectivity index (χ0) is 20.4. The van der Waals surface area contributed by atoms with E-state index in [1.54, 1.807) is 44.1 Å².